The maximum Gasteiger partial charge on any atom is 0.160 e. The van der Waals surface area contributed by atoms with Crippen molar-refractivity contribution in [2.24, 2.45) is 0 Å². The molecular weight excluding hydrogens is 721 g/mol. The first kappa shape index (κ1) is 33.1. The van der Waals surface area contributed by atoms with Crippen LogP contribution in [0.5, 0.6) is 0 Å². The Bertz CT molecular complexity index is 3100. The highest BCUT2D eigenvalue weighted by atomic mass is 32.2. The van der Waals surface area contributed by atoms with E-state index in [1.54, 1.807) is 0 Å². The van der Waals surface area contributed by atoms with Crippen molar-refractivity contribution in [2.75, 3.05) is 0 Å². The molecule has 2 heterocycles. The highest BCUT2D eigenvalue weighted by molar-refractivity contribution is 8.00. The Balaban J connectivity index is 1.02. The van der Waals surface area contributed by atoms with Crippen LogP contribution in [0.4, 0.5) is 0 Å². The maximum absolute atomic E-state index is 5.08. The number of hydrogen-bond donors (Lipinski definition) is 0. The Morgan fingerprint density at radius 2 is 0.810 bits per heavy atom. The second-order valence-electron chi connectivity index (χ2n) is 15.3. The fraction of sp³-hybridized carbons (Fsp3) is 0.0182. The molecule has 1 aliphatic heterocycles. The molecule has 58 heavy (non-hydrogen) atoms. The van der Waals surface area contributed by atoms with E-state index in [9.17, 15) is 0 Å². The molecule has 2 aliphatic rings. The summed E-state index contributed by atoms with van der Waals surface area (Å²) in [5.74, 6) is 0.712. The molecule has 10 aromatic rings. The van der Waals surface area contributed by atoms with Crippen molar-refractivity contribution in [1.29, 1.82) is 0 Å². The summed E-state index contributed by atoms with van der Waals surface area (Å²) < 4.78 is 0. The van der Waals surface area contributed by atoms with Crippen molar-refractivity contribution in [3.63, 3.8) is 0 Å². The minimum absolute atomic E-state index is 0.462. The van der Waals surface area contributed by atoms with Crippen LogP contribution >= 0.6 is 11.8 Å². The quantitative estimate of drug-likeness (QED) is 0.179. The zero-order valence-electron chi connectivity index (χ0n) is 31.4. The third kappa shape index (κ3) is 4.93. The zero-order valence-corrected chi connectivity index (χ0v) is 32.2. The molecule has 1 aromatic heterocycles. The van der Waals surface area contributed by atoms with Crippen molar-refractivity contribution in [3.8, 4) is 56.2 Å². The summed E-state index contributed by atoms with van der Waals surface area (Å²) in [4.78, 5) is 12.9. The van der Waals surface area contributed by atoms with E-state index in [0.29, 0.717) is 5.82 Å². The molecule has 0 bridgehead atoms. The fourth-order valence-corrected chi connectivity index (χ4v) is 10.9. The smallest absolute Gasteiger partial charge is 0.160 e. The molecule has 9 aromatic carbocycles. The van der Waals surface area contributed by atoms with Crippen molar-refractivity contribution in [3.05, 3.63) is 229 Å². The lowest BCUT2D eigenvalue weighted by molar-refractivity contribution is 0.729. The Kier molecular flexibility index (Phi) is 7.41. The lowest BCUT2D eigenvalue weighted by atomic mass is 9.66. The number of fused-ring (bicyclic) bond motifs is 13. The van der Waals surface area contributed by atoms with Crippen LogP contribution < -0.4 is 0 Å². The summed E-state index contributed by atoms with van der Waals surface area (Å²) in [6.07, 6.45) is 0. The van der Waals surface area contributed by atoms with E-state index >= 15 is 0 Å². The van der Waals surface area contributed by atoms with Gasteiger partial charge >= 0.3 is 0 Å². The summed E-state index contributed by atoms with van der Waals surface area (Å²) >= 11 is 1.94. The summed E-state index contributed by atoms with van der Waals surface area (Å²) in [5.41, 5.74) is 14.8. The summed E-state index contributed by atoms with van der Waals surface area (Å²) in [6.45, 7) is 0. The Hall–Kier alpha value is -7.07. The molecule has 3 heteroatoms. The van der Waals surface area contributed by atoms with E-state index in [-0.39, 0.29) is 0 Å². The number of benzene rings is 9. The van der Waals surface area contributed by atoms with E-state index in [1.807, 2.05) is 23.9 Å². The van der Waals surface area contributed by atoms with Crippen LogP contribution in [-0.4, -0.2) is 9.97 Å². The zero-order chi connectivity index (χ0) is 38.2. The maximum atomic E-state index is 5.08. The van der Waals surface area contributed by atoms with E-state index in [0.717, 1.165) is 33.6 Å². The highest BCUT2D eigenvalue weighted by Gasteiger charge is 2.50. The predicted octanol–water partition coefficient (Wildman–Crippen LogP) is 14.3. The van der Waals surface area contributed by atoms with Crippen LogP contribution in [0.3, 0.4) is 0 Å². The van der Waals surface area contributed by atoms with E-state index in [1.165, 1.54) is 70.3 Å². The molecule has 1 aliphatic carbocycles. The molecule has 270 valence electrons. The van der Waals surface area contributed by atoms with Gasteiger partial charge in [-0.3, -0.25) is 0 Å². The van der Waals surface area contributed by atoms with Gasteiger partial charge in [0.2, 0.25) is 0 Å². The van der Waals surface area contributed by atoms with Gasteiger partial charge in [-0.15, -0.1) is 0 Å². The SMILES string of the molecule is c1ccc(-c2cc(-c3ccccc3)nc(-c3ccc(-c4ccc5c(c4)-c4ccccc4C54c5ccc6ccccc6c5Sc5c4ccc4ccccc54)cc3)n2)cc1. The molecule has 2 nitrogen and oxygen atoms in total. The monoisotopic (exact) mass is 754 g/mol. The van der Waals surface area contributed by atoms with Crippen molar-refractivity contribution >= 4 is 33.3 Å². The summed E-state index contributed by atoms with van der Waals surface area (Å²) in [5, 5.41) is 5.15. The van der Waals surface area contributed by atoms with Crippen molar-refractivity contribution < 1.29 is 0 Å². The third-order valence-corrected chi connectivity index (χ3v) is 13.4. The van der Waals surface area contributed by atoms with Gasteiger partial charge in [0.15, 0.2) is 5.82 Å². The number of hydrogen-bond acceptors (Lipinski definition) is 3. The Morgan fingerprint density at radius 1 is 0.328 bits per heavy atom. The molecule has 0 N–H and O–H groups in total. The van der Waals surface area contributed by atoms with Crippen LogP contribution in [0.1, 0.15) is 22.3 Å². The molecular formula is C55H34N2S. The molecule has 0 saturated carbocycles. The molecule has 0 radical (unpaired) electrons. The topological polar surface area (TPSA) is 25.8 Å². The van der Waals surface area contributed by atoms with Gasteiger partial charge in [0.25, 0.3) is 0 Å². The predicted molar refractivity (Wildman–Crippen MR) is 240 cm³/mol. The van der Waals surface area contributed by atoms with E-state index in [4.69, 9.17) is 9.97 Å². The van der Waals surface area contributed by atoms with Gasteiger partial charge in [-0.1, -0.05) is 206 Å². The van der Waals surface area contributed by atoms with E-state index in [2.05, 4.69) is 194 Å². The normalized spacial score (nSPS) is 13.2. The van der Waals surface area contributed by atoms with E-state index < -0.39 is 5.41 Å². The van der Waals surface area contributed by atoms with Crippen LogP contribution in [0.2, 0.25) is 0 Å². The van der Waals surface area contributed by atoms with Gasteiger partial charge in [-0.05, 0) is 78.2 Å². The first-order valence-corrected chi connectivity index (χ1v) is 20.6. The lowest BCUT2D eigenvalue weighted by Gasteiger charge is -2.40. The molecule has 1 spiro atoms. The first-order chi connectivity index (χ1) is 28.7. The van der Waals surface area contributed by atoms with Gasteiger partial charge in [0, 0.05) is 26.5 Å². The minimum Gasteiger partial charge on any atom is -0.228 e. The second-order valence-corrected chi connectivity index (χ2v) is 16.3. The fourth-order valence-electron chi connectivity index (χ4n) is 9.49. The molecule has 0 saturated heterocycles. The number of aromatic nitrogens is 2. The number of nitrogens with zero attached hydrogens (tertiary/aromatic N) is 2. The standard InChI is InChI=1S/C55H34N2S/c1-3-15-38(16-4-1)50-34-51(39-17-5-2-6-18-39)57-54(56-50)40-25-23-35(24-26-40)41-29-30-47-45(33-41)44-21-11-12-22-46(44)55(47)48-31-27-36-13-7-9-19-42(36)52(48)58-53-43-20-10-8-14-37(43)28-32-49(53)55/h1-34H. The Labute approximate surface area is 341 Å². The van der Waals surface area contributed by atoms with Crippen LogP contribution in [0.25, 0.3) is 77.7 Å². The largest absolute Gasteiger partial charge is 0.228 e. The summed E-state index contributed by atoms with van der Waals surface area (Å²) in [6, 6.07) is 75.0. The Morgan fingerprint density at radius 3 is 1.43 bits per heavy atom. The molecule has 0 fully saturated rings. The highest BCUT2D eigenvalue weighted by Crippen LogP contribution is 2.64. The average Bonchev–Trinajstić information content (AvgIpc) is 3.59. The molecule has 0 amide bonds. The lowest BCUT2D eigenvalue weighted by Crippen LogP contribution is -2.32. The first-order valence-electron chi connectivity index (χ1n) is 19.8. The number of rotatable bonds is 4. The molecule has 0 atom stereocenters. The molecule has 12 rings (SSSR count). The van der Waals surface area contributed by atoms with Gasteiger partial charge in [-0.25, -0.2) is 9.97 Å². The second kappa shape index (κ2) is 13.0. The van der Waals surface area contributed by atoms with Crippen molar-refractivity contribution in [1.82, 2.24) is 9.97 Å². The van der Waals surface area contributed by atoms with Gasteiger partial charge < -0.3 is 0 Å². The van der Waals surface area contributed by atoms with Crippen LogP contribution in [0.15, 0.2) is 216 Å². The van der Waals surface area contributed by atoms with Crippen LogP contribution in [-0.2, 0) is 5.41 Å². The van der Waals surface area contributed by atoms with Gasteiger partial charge in [0.1, 0.15) is 0 Å². The average molecular weight is 755 g/mol. The van der Waals surface area contributed by atoms with Crippen molar-refractivity contribution in [2.45, 2.75) is 15.2 Å². The van der Waals surface area contributed by atoms with Gasteiger partial charge in [0.05, 0.1) is 16.8 Å². The van der Waals surface area contributed by atoms with Gasteiger partial charge in [-0.2, -0.15) is 0 Å². The summed E-state index contributed by atoms with van der Waals surface area (Å²) in [7, 11) is 0. The minimum atomic E-state index is -0.462. The third-order valence-electron chi connectivity index (χ3n) is 12.2. The molecule has 0 unspecified atom stereocenters. The van der Waals surface area contributed by atoms with Crippen LogP contribution in [0, 0.1) is 0 Å².